The van der Waals surface area contributed by atoms with E-state index in [9.17, 15) is 19.2 Å². The number of likely N-dealkylation sites (N-methyl/N-ethyl adjacent to an activating group) is 2. The Labute approximate surface area is 116 Å². The number of hydrogen-bond acceptors (Lipinski definition) is 8. The summed E-state index contributed by atoms with van der Waals surface area (Å²) in [6.07, 6.45) is 1.44. The molecule has 0 radical (unpaired) electrons. The van der Waals surface area contributed by atoms with Crippen LogP contribution >= 0.6 is 0 Å². The zero-order valence-electron chi connectivity index (χ0n) is 11.9. The van der Waals surface area contributed by atoms with Crippen LogP contribution in [0.4, 0.5) is 0 Å². The molecule has 0 aliphatic rings. The van der Waals surface area contributed by atoms with Crippen molar-refractivity contribution in [1.29, 1.82) is 0 Å². The molecule has 8 nitrogen and oxygen atoms in total. The summed E-state index contributed by atoms with van der Waals surface area (Å²) in [5, 5.41) is 0. The highest BCUT2D eigenvalue weighted by Crippen LogP contribution is 1.90. The molecule has 0 spiro atoms. The van der Waals surface area contributed by atoms with Crippen molar-refractivity contribution in [2.45, 2.75) is 0 Å². The first-order valence-electron chi connectivity index (χ1n) is 5.67. The van der Waals surface area contributed by atoms with E-state index in [2.05, 4.69) is 9.47 Å². The number of rotatable bonds is 6. The average molecular weight is 286 g/mol. The van der Waals surface area contributed by atoms with Crippen molar-refractivity contribution in [3.8, 4) is 0 Å². The van der Waals surface area contributed by atoms with E-state index in [1.165, 1.54) is 9.80 Å². The first-order valence-corrected chi connectivity index (χ1v) is 5.67. The molecular formula is C12H18N2O6. The van der Waals surface area contributed by atoms with E-state index in [4.69, 9.17) is 0 Å². The zero-order chi connectivity index (χ0) is 15.7. The maximum atomic E-state index is 11.2. The van der Waals surface area contributed by atoms with E-state index < -0.39 is 23.9 Å². The van der Waals surface area contributed by atoms with Gasteiger partial charge in [0.05, 0.1) is 13.1 Å². The van der Waals surface area contributed by atoms with Crippen LogP contribution in [0, 0.1) is 0 Å². The molecule has 0 heterocycles. The summed E-state index contributed by atoms with van der Waals surface area (Å²) < 4.78 is 8.75. The van der Waals surface area contributed by atoms with Gasteiger partial charge in [0, 0.05) is 12.2 Å². The first kappa shape index (κ1) is 17.9. The van der Waals surface area contributed by atoms with Gasteiger partial charge in [0.25, 0.3) is 0 Å². The fourth-order valence-corrected chi connectivity index (χ4v) is 1.01. The molecule has 0 aromatic heterocycles. The van der Waals surface area contributed by atoms with Gasteiger partial charge in [0.2, 0.25) is 0 Å². The lowest BCUT2D eigenvalue weighted by atomic mass is 10.5. The molecule has 0 aliphatic heterocycles. The highest BCUT2D eigenvalue weighted by molar-refractivity contribution is 5.99. The van der Waals surface area contributed by atoms with Crippen molar-refractivity contribution < 1.29 is 28.7 Å². The van der Waals surface area contributed by atoms with E-state index in [0.717, 1.165) is 12.2 Å². The summed E-state index contributed by atoms with van der Waals surface area (Å²) >= 11 is 0. The van der Waals surface area contributed by atoms with Crippen LogP contribution in [-0.4, -0.2) is 75.0 Å². The van der Waals surface area contributed by atoms with Crippen LogP contribution in [0.25, 0.3) is 0 Å². The molecule has 8 heteroatoms. The van der Waals surface area contributed by atoms with Crippen molar-refractivity contribution in [3.63, 3.8) is 0 Å². The third-order valence-corrected chi connectivity index (χ3v) is 1.68. The molecule has 0 saturated carbocycles. The molecular weight excluding hydrogens is 268 g/mol. The van der Waals surface area contributed by atoms with Gasteiger partial charge in [-0.2, -0.15) is 0 Å². The summed E-state index contributed by atoms with van der Waals surface area (Å²) in [4.78, 5) is 47.6. The fourth-order valence-electron chi connectivity index (χ4n) is 1.01. The molecule has 0 amide bonds. The largest absolute Gasteiger partial charge is 0.389 e. The quantitative estimate of drug-likeness (QED) is 0.342. The first-order chi connectivity index (χ1) is 9.20. The molecule has 0 atom stereocenters. The predicted molar refractivity (Wildman–Crippen MR) is 68.4 cm³/mol. The van der Waals surface area contributed by atoms with Crippen LogP contribution in [0.2, 0.25) is 0 Å². The van der Waals surface area contributed by atoms with Gasteiger partial charge in [-0.3, -0.25) is 19.4 Å². The summed E-state index contributed by atoms with van der Waals surface area (Å²) in [7, 11) is 6.54. The normalized spacial score (nSPS) is 10.9. The Morgan fingerprint density at radius 3 is 1.30 bits per heavy atom. The Bertz CT molecular complexity index is 376. The van der Waals surface area contributed by atoms with Crippen LogP contribution in [0.5, 0.6) is 0 Å². The number of carbonyl (C=O) groups is 4. The van der Waals surface area contributed by atoms with Gasteiger partial charge in [-0.1, -0.05) is 0 Å². The molecule has 0 saturated heterocycles. The average Bonchev–Trinajstić information content (AvgIpc) is 2.23. The van der Waals surface area contributed by atoms with Gasteiger partial charge in [0.1, 0.15) is 0 Å². The number of esters is 4. The van der Waals surface area contributed by atoms with Crippen LogP contribution in [0.1, 0.15) is 0 Å². The van der Waals surface area contributed by atoms with E-state index in [1.54, 1.807) is 28.2 Å². The predicted octanol–water partition coefficient (Wildman–Crippen LogP) is -1.19. The third kappa shape index (κ3) is 9.92. The minimum atomic E-state index is -1.01. The Morgan fingerprint density at radius 1 is 0.750 bits per heavy atom. The van der Waals surface area contributed by atoms with Crippen molar-refractivity contribution in [3.05, 3.63) is 12.2 Å². The van der Waals surface area contributed by atoms with Gasteiger partial charge in [-0.25, -0.2) is 9.59 Å². The van der Waals surface area contributed by atoms with Gasteiger partial charge >= 0.3 is 23.9 Å². The summed E-state index contributed by atoms with van der Waals surface area (Å²) in [5.74, 6) is -3.51. The molecule has 0 aromatic carbocycles. The van der Waals surface area contributed by atoms with Crippen LogP contribution in [0.3, 0.4) is 0 Å². The Balaban J connectivity index is 4.15. The lowest BCUT2D eigenvalue weighted by Crippen LogP contribution is -2.26. The van der Waals surface area contributed by atoms with Crippen molar-refractivity contribution in [2.24, 2.45) is 0 Å². The standard InChI is InChI=1S/C12H18N2O6/c1-13(2)7-11(17)19-9(15)5-6-10(16)20-12(18)8-14(3)4/h5-6H,7-8H2,1-4H3/b6-5+. The van der Waals surface area contributed by atoms with Gasteiger partial charge in [-0.15, -0.1) is 0 Å². The monoisotopic (exact) mass is 286 g/mol. The lowest BCUT2D eigenvalue weighted by molar-refractivity contribution is -0.159. The molecule has 0 rings (SSSR count). The topological polar surface area (TPSA) is 93.2 Å². The Hall–Kier alpha value is -2.06. The highest BCUT2D eigenvalue weighted by Gasteiger charge is 2.11. The molecule has 0 aliphatic carbocycles. The van der Waals surface area contributed by atoms with Gasteiger partial charge in [0.15, 0.2) is 0 Å². The molecule has 0 unspecified atom stereocenters. The molecule has 0 fully saturated rings. The number of nitrogens with zero attached hydrogens (tertiary/aromatic N) is 2. The SMILES string of the molecule is CN(C)CC(=O)OC(=O)/C=C/C(=O)OC(=O)CN(C)C. The summed E-state index contributed by atoms with van der Waals surface area (Å²) in [5.41, 5.74) is 0. The Kier molecular flexibility index (Phi) is 8.02. The number of carbonyl (C=O) groups excluding carboxylic acids is 4. The second-order valence-electron chi connectivity index (χ2n) is 4.40. The second-order valence-corrected chi connectivity index (χ2v) is 4.40. The summed E-state index contributed by atoms with van der Waals surface area (Å²) in [6.45, 7) is -0.128. The lowest BCUT2D eigenvalue weighted by Gasteiger charge is -2.07. The number of hydrogen-bond donors (Lipinski definition) is 0. The van der Waals surface area contributed by atoms with Crippen molar-refractivity contribution in [1.82, 2.24) is 9.80 Å². The molecule has 0 N–H and O–H groups in total. The van der Waals surface area contributed by atoms with E-state index in [0.29, 0.717) is 0 Å². The van der Waals surface area contributed by atoms with Gasteiger partial charge in [-0.05, 0) is 28.2 Å². The van der Waals surface area contributed by atoms with Crippen LogP contribution in [-0.2, 0) is 28.7 Å². The van der Waals surface area contributed by atoms with Crippen LogP contribution < -0.4 is 0 Å². The smallest absolute Gasteiger partial charge is 0.338 e. The number of ether oxygens (including phenoxy) is 2. The molecule has 20 heavy (non-hydrogen) atoms. The van der Waals surface area contributed by atoms with Gasteiger partial charge < -0.3 is 9.47 Å². The van der Waals surface area contributed by atoms with E-state index in [1.807, 2.05) is 0 Å². The maximum Gasteiger partial charge on any atom is 0.338 e. The highest BCUT2D eigenvalue weighted by atomic mass is 16.6. The molecule has 0 aromatic rings. The van der Waals surface area contributed by atoms with E-state index in [-0.39, 0.29) is 13.1 Å². The molecule has 0 bridgehead atoms. The minimum Gasteiger partial charge on any atom is -0.389 e. The van der Waals surface area contributed by atoms with E-state index >= 15 is 0 Å². The second kappa shape index (κ2) is 8.94. The fraction of sp³-hybridized carbons (Fsp3) is 0.500. The van der Waals surface area contributed by atoms with Crippen molar-refractivity contribution >= 4 is 23.9 Å². The maximum absolute atomic E-state index is 11.2. The molecule has 112 valence electrons. The third-order valence-electron chi connectivity index (χ3n) is 1.68. The Morgan fingerprint density at radius 2 is 1.05 bits per heavy atom. The minimum absolute atomic E-state index is 0.0641. The summed E-state index contributed by atoms with van der Waals surface area (Å²) in [6, 6.07) is 0. The zero-order valence-corrected chi connectivity index (χ0v) is 11.9. The van der Waals surface area contributed by atoms with Crippen molar-refractivity contribution in [2.75, 3.05) is 41.3 Å². The van der Waals surface area contributed by atoms with Crippen LogP contribution in [0.15, 0.2) is 12.2 Å².